The number of aromatic nitrogens is 3. The third-order valence-corrected chi connectivity index (χ3v) is 6.25. The number of hydrogen-bond acceptors (Lipinski definition) is 7. The zero-order chi connectivity index (χ0) is 23.6. The fraction of sp³-hybridized carbons (Fsp3) is 0.308. The summed E-state index contributed by atoms with van der Waals surface area (Å²) in [6, 6.07) is 16.3. The minimum Gasteiger partial charge on any atom is -0.489 e. The molecule has 1 fully saturated rings. The maximum atomic E-state index is 14.3. The van der Waals surface area contributed by atoms with Crippen molar-refractivity contribution in [2.45, 2.75) is 12.8 Å². The van der Waals surface area contributed by atoms with Gasteiger partial charge in [-0.15, -0.1) is 5.10 Å². The van der Waals surface area contributed by atoms with Crippen molar-refractivity contribution in [2.24, 2.45) is 0 Å². The van der Waals surface area contributed by atoms with E-state index in [0.717, 1.165) is 36.6 Å². The van der Waals surface area contributed by atoms with Crippen molar-refractivity contribution in [1.82, 2.24) is 19.5 Å². The first kappa shape index (κ1) is 21.7. The summed E-state index contributed by atoms with van der Waals surface area (Å²) in [5.41, 5.74) is 3.14. The molecule has 4 aromatic rings. The fourth-order valence-corrected chi connectivity index (χ4v) is 4.49. The Morgan fingerprint density at radius 3 is 2.71 bits per heavy atom. The van der Waals surface area contributed by atoms with Crippen LogP contribution < -0.4 is 19.5 Å². The van der Waals surface area contributed by atoms with Gasteiger partial charge in [0.05, 0.1) is 5.69 Å². The number of rotatable bonds is 7. The van der Waals surface area contributed by atoms with Crippen LogP contribution >= 0.6 is 0 Å². The lowest BCUT2D eigenvalue weighted by Gasteiger charge is -2.19. The van der Waals surface area contributed by atoms with Crippen LogP contribution in [0.2, 0.25) is 0 Å². The zero-order valence-electron chi connectivity index (χ0n) is 19.2. The second kappa shape index (κ2) is 9.42. The Balaban J connectivity index is 1.22. The summed E-state index contributed by atoms with van der Waals surface area (Å²) in [6.07, 6.45) is 2.44. The summed E-state index contributed by atoms with van der Waals surface area (Å²) in [5.74, 6) is 1.69. The van der Waals surface area contributed by atoms with Crippen molar-refractivity contribution in [3.8, 4) is 28.5 Å². The van der Waals surface area contributed by atoms with Gasteiger partial charge in [0.1, 0.15) is 19.8 Å². The van der Waals surface area contributed by atoms with Crippen LogP contribution in [0.3, 0.4) is 0 Å². The SMILES string of the molecule is Fc1ccc(Nc2nc3cccc(-c4ccc5c(c4)OCCO5)n3n2)cc1OCCN1CCCC1. The van der Waals surface area contributed by atoms with E-state index in [1.165, 1.54) is 18.9 Å². The number of ether oxygens (including phenoxy) is 3. The van der Waals surface area contributed by atoms with Gasteiger partial charge >= 0.3 is 0 Å². The molecule has 0 bridgehead atoms. The molecule has 6 rings (SSSR count). The largest absolute Gasteiger partial charge is 0.489 e. The highest BCUT2D eigenvalue weighted by molar-refractivity contribution is 5.68. The Kier molecular flexibility index (Phi) is 5.83. The highest BCUT2D eigenvalue weighted by Crippen LogP contribution is 2.34. The van der Waals surface area contributed by atoms with Gasteiger partial charge < -0.3 is 19.5 Å². The van der Waals surface area contributed by atoms with Crippen LogP contribution in [-0.4, -0.2) is 59.0 Å². The van der Waals surface area contributed by atoms with Gasteiger partial charge in [-0.3, -0.25) is 4.90 Å². The van der Waals surface area contributed by atoms with Crippen molar-refractivity contribution in [3.05, 3.63) is 60.4 Å². The monoisotopic (exact) mass is 475 g/mol. The average Bonchev–Trinajstić information content (AvgIpc) is 3.55. The van der Waals surface area contributed by atoms with Crippen LogP contribution in [-0.2, 0) is 0 Å². The number of benzene rings is 2. The molecule has 0 atom stereocenters. The Morgan fingerprint density at radius 1 is 0.971 bits per heavy atom. The molecular formula is C26H26FN5O3. The van der Waals surface area contributed by atoms with Gasteiger partial charge in [0, 0.05) is 23.9 Å². The first-order valence-corrected chi connectivity index (χ1v) is 11.9. The number of likely N-dealkylation sites (tertiary alicyclic amines) is 1. The maximum absolute atomic E-state index is 14.3. The normalized spacial score (nSPS) is 15.5. The van der Waals surface area contributed by atoms with E-state index >= 15 is 0 Å². The van der Waals surface area contributed by atoms with Gasteiger partial charge in [-0.25, -0.2) is 8.91 Å². The second-order valence-corrected chi connectivity index (χ2v) is 8.64. The predicted octanol–water partition coefficient (Wildman–Crippen LogP) is 4.52. The molecule has 2 aromatic heterocycles. The van der Waals surface area contributed by atoms with Crippen LogP contribution in [0.5, 0.6) is 17.2 Å². The van der Waals surface area contributed by atoms with Gasteiger partial charge in [-0.05, 0) is 68.4 Å². The number of halogens is 1. The van der Waals surface area contributed by atoms with Crippen molar-refractivity contribution in [3.63, 3.8) is 0 Å². The summed E-state index contributed by atoms with van der Waals surface area (Å²) in [4.78, 5) is 6.92. The number of anilines is 2. The van der Waals surface area contributed by atoms with E-state index in [4.69, 9.17) is 14.2 Å². The lowest BCUT2D eigenvalue weighted by Crippen LogP contribution is -2.25. The van der Waals surface area contributed by atoms with Gasteiger partial charge in [0.25, 0.3) is 0 Å². The molecule has 2 aliphatic rings. The average molecular weight is 476 g/mol. The van der Waals surface area contributed by atoms with Gasteiger partial charge in [-0.2, -0.15) is 4.98 Å². The maximum Gasteiger partial charge on any atom is 0.247 e. The van der Waals surface area contributed by atoms with E-state index in [-0.39, 0.29) is 11.6 Å². The summed E-state index contributed by atoms with van der Waals surface area (Å²) in [5, 5.41) is 7.82. The standard InChI is InChI=1S/C26H26FN5O3/c27-20-8-7-19(17-23(20)33-13-12-31-10-1-2-11-31)28-26-29-25-5-3-4-21(32(25)30-26)18-6-9-22-24(16-18)35-15-14-34-22/h3-9,16-17H,1-2,10-15H2,(H,28,30). The molecule has 0 spiro atoms. The number of fused-ring (bicyclic) bond motifs is 2. The van der Waals surface area contributed by atoms with Gasteiger partial charge in [0.15, 0.2) is 28.7 Å². The summed E-state index contributed by atoms with van der Waals surface area (Å²) >= 11 is 0. The fourth-order valence-electron chi connectivity index (χ4n) is 4.49. The van der Waals surface area contributed by atoms with E-state index in [2.05, 4.69) is 20.3 Å². The third-order valence-electron chi connectivity index (χ3n) is 6.25. The predicted molar refractivity (Wildman–Crippen MR) is 130 cm³/mol. The van der Waals surface area contributed by atoms with Crippen molar-refractivity contribution < 1.29 is 18.6 Å². The van der Waals surface area contributed by atoms with Crippen molar-refractivity contribution in [1.29, 1.82) is 0 Å². The Hall–Kier alpha value is -3.85. The molecule has 0 radical (unpaired) electrons. The summed E-state index contributed by atoms with van der Waals surface area (Å²) in [6.45, 7) is 4.50. The Morgan fingerprint density at radius 2 is 1.83 bits per heavy atom. The lowest BCUT2D eigenvalue weighted by atomic mass is 10.1. The number of nitrogens with zero attached hydrogens (tertiary/aromatic N) is 4. The molecule has 1 saturated heterocycles. The molecule has 1 N–H and O–H groups in total. The highest BCUT2D eigenvalue weighted by atomic mass is 19.1. The molecule has 0 aliphatic carbocycles. The molecule has 0 amide bonds. The summed E-state index contributed by atoms with van der Waals surface area (Å²) in [7, 11) is 0. The number of nitrogens with one attached hydrogen (secondary N) is 1. The molecule has 2 aliphatic heterocycles. The van der Waals surface area contributed by atoms with E-state index < -0.39 is 0 Å². The molecule has 0 unspecified atom stereocenters. The highest BCUT2D eigenvalue weighted by Gasteiger charge is 2.16. The first-order chi connectivity index (χ1) is 17.2. The van der Waals surface area contributed by atoms with Gasteiger partial charge in [-0.1, -0.05) is 6.07 Å². The molecule has 0 saturated carbocycles. The van der Waals surface area contributed by atoms with Crippen molar-refractivity contribution >= 4 is 17.3 Å². The van der Waals surface area contributed by atoms with Crippen molar-refractivity contribution in [2.75, 3.05) is 44.8 Å². The summed E-state index contributed by atoms with van der Waals surface area (Å²) < 4.78 is 33.2. The van der Waals surface area contributed by atoms with Crippen LogP contribution in [0, 0.1) is 5.82 Å². The first-order valence-electron chi connectivity index (χ1n) is 11.9. The Labute approximate surface area is 202 Å². The molecule has 4 heterocycles. The van der Waals surface area contributed by atoms with E-state index in [9.17, 15) is 4.39 Å². The van der Waals surface area contributed by atoms with E-state index in [0.29, 0.717) is 42.9 Å². The molecule has 35 heavy (non-hydrogen) atoms. The van der Waals surface area contributed by atoms with E-state index in [1.807, 2.05) is 36.4 Å². The van der Waals surface area contributed by atoms with Crippen LogP contribution in [0.1, 0.15) is 12.8 Å². The topological polar surface area (TPSA) is 73.2 Å². The van der Waals surface area contributed by atoms with Gasteiger partial charge in [0.2, 0.25) is 5.95 Å². The molecule has 9 heteroatoms. The quantitative estimate of drug-likeness (QED) is 0.421. The Bertz CT molecular complexity index is 1350. The molecule has 2 aromatic carbocycles. The molecular weight excluding hydrogens is 449 g/mol. The second-order valence-electron chi connectivity index (χ2n) is 8.64. The molecule has 8 nitrogen and oxygen atoms in total. The smallest absolute Gasteiger partial charge is 0.247 e. The lowest BCUT2D eigenvalue weighted by molar-refractivity contribution is 0.171. The number of pyridine rings is 1. The minimum absolute atomic E-state index is 0.218. The zero-order valence-corrected chi connectivity index (χ0v) is 19.2. The number of hydrogen-bond donors (Lipinski definition) is 1. The van der Waals surface area contributed by atoms with Crippen LogP contribution in [0.25, 0.3) is 16.9 Å². The van der Waals surface area contributed by atoms with Crippen LogP contribution in [0.15, 0.2) is 54.6 Å². The minimum atomic E-state index is -0.388. The van der Waals surface area contributed by atoms with Crippen LogP contribution in [0.4, 0.5) is 16.0 Å². The molecule has 180 valence electrons. The third kappa shape index (κ3) is 4.59. The van der Waals surface area contributed by atoms with E-state index in [1.54, 1.807) is 16.6 Å².